The van der Waals surface area contributed by atoms with Crippen LogP contribution in [0.1, 0.15) is 58.8 Å². The van der Waals surface area contributed by atoms with Crippen LogP contribution in [-0.4, -0.2) is 0 Å². The molecule has 0 bridgehead atoms. The lowest BCUT2D eigenvalue weighted by Crippen LogP contribution is -1.97. The van der Waals surface area contributed by atoms with Crippen LogP contribution in [0, 0.1) is 5.92 Å². The van der Waals surface area contributed by atoms with E-state index >= 15 is 0 Å². The topological polar surface area (TPSA) is 0 Å². The maximum absolute atomic E-state index is 3.83. The maximum Gasteiger partial charge on any atom is -0.0319 e. The van der Waals surface area contributed by atoms with E-state index in [0.29, 0.717) is 0 Å². The Bertz CT molecular complexity index is 144. The normalized spacial score (nSPS) is 13.3. The zero-order valence-electron chi connectivity index (χ0n) is 9.97. The quantitative estimate of drug-likeness (QED) is 0.447. The Kier molecular flexibility index (Phi) is 10.2. The highest BCUT2D eigenvalue weighted by atomic mass is 14.1. The molecule has 0 heterocycles. The highest BCUT2D eigenvalue weighted by molar-refractivity contribution is 4.85. The molecule has 0 aliphatic rings. The van der Waals surface area contributed by atoms with E-state index in [1.165, 1.54) is 44.9 Å². The molecule has 0 rings (SSSR count). The molecule has 0 aromatic rings. The summed E-state index contributed by atoms with van der Waals surface area (Å²) in [7, 11) is 0. The molecule has 1 atom stereocenters. The van der Waals surface area contributed by atoms with Gasteiger partial charge in [0.25, 0.3) is 0 Å². The third-order valence-electron chi connectivity index (χ3n) is 2.56. The van der Waals surface area contributed by atoms with Gasteiger partial charge in [0.2, 0.25) is 0 Å². The van der Waals surface area contributed by atoms with Crippen molar-refractivity contribution < 1.29 is 0 Å². The van der Waals surface area contributed by atoms with Crippen LogP contribution in [0.2, 0.25) is 0 Å². The van der Waals surface area contributed by atoms with Crippen LogP contribution in [-0.2, 0) is 0 Å². The number of hydrogen-bond acceptors (Lipinski definition) is 0. The first-order valence-corrected chi connectivity index (χ1v) is 6.11. The summed E-state index contributed by atoms with van der Waals surface area (Å²) in [6, 6.07) is 0. The molecule has 0 saturated heterocycles. The van der Waals surface area contributed by atoms with E-state index in [4.69, 9.17) is 0 Å². The van der Waals surface area contributed by atoms with E-state index in [1.54, 1.807) is 0 Å². The molecule has 0 aromatic heterocycles. The van der Waals surface area contributed by atoms with Crippen molar-refractivity contribution in [3.63, 3.8) is 0 Å². The molecular formula is C14H26. The van der Waals surface area contributed by atoms with E-state index in [-0.39, 0.29) is 0 Å². The molecule has 82 valence electrons. The molecule has 14 heavy (non-hydrogen) atoms. The van der Waals surface area contributed by atoms with Crippen molar-refractivity contribution in [2.45, 2.75) is 58.8 Å². The minimum absolute atomic E-state index is 0.834. The van der Waals surface area contributed by atoms with E-state index in [1.807, 2.05) is 0 Å². The SMILES string of the molecule is C=CCC(CC=CCCC)CCCC. The molecule has 0 saturated carbocycles. The molecule has 0 nitrogen and oxygen atoms in total. The second-order valence-electron chi connectivity index (χ2n) is 4.03. The average molecular weight is 194 g/mol. The Labute approximate surface area is 90.1 Å². The Morgan fingerprint density at radius 3 is 2.43 bits per heavy atom. The largest absolute Gasteiger partial charge is 0.103 e. The van der Waals surface area contributed by atoms with Crippen molar-refractivity contribution in [2.24, 2.45) is 5.92 Å². The van der Waals surface area contributed by atoms with Crippen LogP contribution in [0.5, 0.6) is 0 Å². The fourth-order valence-electron chi connectivity index (χ4n) is 1.63. The van der Waals surface area contributed by atoms with Gasteiger partial charge >= 0.3 is 0 Å². The molecule has 0 amide bonds. The maximum atomic E-state index is 3.83. The number of unbranched alkanes of at least 4 members (excludes halogenated alkanes) is 2. The van der Waals surface area contributed by atoms with Crippen molar-refractivity contribution in [2.75, 3.05) is 0 Å². The van der Waals surface area contributed by atoms with Crippen LogP contribution < -0.4 is 0 Å². The Morgan fingerprint density at radius 1 is 1.07 bits per heavy atom. The van der Waals surface area contributed by atoms with Crippen LogP contribution in [0.3, 0.4) is 0 Å². The van der Waals surface area contributed by atoms with Gasteiger partial charge in [-0.15, -0.1) is 6.58 Å². The third-order valence-corrected chi connectivity index (χ3v) is 2.56. The number of allylic oxidation sites excluding steroid dienone is 3. The first kappa shape index (κ1) is 13.5. The van der Waals surface area contributed by atoms with Gasteiger partial charge in [-0.3, -0.25) is 0 Å². The molecule has 1 unspecified atom stereocenters. The van der Waals surface area contributed by atoms with Gasteiger partial charge in [0.15, 0.2) is 0 Å². The second kappa shape index (κ2) is 10.6. The fraction of sp³-hybridized carbons (Fsp3) is 0.714. The summed E-state index contributed by atoms with van der Waals surface area (Å²) in [4.78, 5) is 0. The summed E-state index contributed by atoms with van der Waals surface area (Å²) in [5.74, 6) is 0.834. The standard InChI is InChI=1S/C14H26/c1-4-7-9-10-13-14(11-6-3)12-8-5-2/h6,9-10,14H,3-5,7-8,11-13H2,1-2H3. The predicted octanol–water partition coefficient (Wildman–Crippen LogP) is 5.12. The summed E-state index contributed by atoms with van der Waals surface area (Å²) < 4.78 is 0. The minimum Gasteiger partial charge on any atom is -0.103 e. The summed E-state index contributed by atoms with van der Waals surface area (Å²) in [5, 5.41) is 0. The van der Waals surface area contributed by atoms with Gasteiger partial charge in [-0.2, -0.15) is 0 Å². The van der Waals surface area contributed by atoms with Crippen molar-refractivity contribution >= 4 is 0 Å². The summed E-state index contributed by atoms with van der Waals surface area (Å²) >= 11 is 0. The number of hydrogen-bond donors (Lipinski definition) is 0. The zero-order valence-corrected chi connectivity index (χ0v) is 9.97. The lowest BCUT2D eigenvalue weighted by atomic mass is 9.95. The van der Waals surface area contributed by atoms with Gasteiger partial charge in [0.05, 0.1) is 0 Å². The van der Waals surface area contributed by atoms with Gasteiger partial charge in [-0.1, -0.05) is 51.3 Å². The van der Waals surface area contributed by atoms with Gasteiger partial charge in [0.1, 0.15) is 0 Å². The fourth-order valence-corrected chi connectivity index (χ4v) is 1.63. The third kappa shape index (κ3) is 8.10. The Morgan fingerprint density at radius 2 is 1.86 bits per heavy atom. The van der Waals surface area contributed by atoms with E-state index in [0.717, 1.165) is 5.92 Å². The molecule has 0 fully saturated rings. The molecule has 0 N–H and O–H groups in total. The average Bonchev–Trinajstić information content (AvgIpc) is 2.20. The van der Waals surface area contributed by atoms with Gasteiger partial charge in [0, 0.05) is 0 Å². The molecule has 0 aromatic carbocycles. The molecule has 0 heteroatoms. The van der Waals surface area contributed by atoms with Crippen molar-refractivity contribution in [3.8, 4) is 0 Å². The molecule has 0 aliphatic heterocycles. The van der Waals surface area contributed by atoms with Crippen LogP contribution in [0.15, 0.2) is 24.8 Å². The Balaban J connectivity index is 3.65. The van der Waals surface area contributed by atoms with Crippen molar-refractivity contribution in [3.05, 3.63) is 24.8 Å². The first-order chi connectivity index (χ1) is 6.85. The highest BCUT2D eigenvalue weighted by Crippen LogP contribution is 2.18. The minimum atomic E-state index is 0.834. The molecule has 0 radical (unpaired) electrons. The van der Waals surface area contributed by atoms with E-state index in [9.17, 15) is 0 Å². The summed E-state index contributed by atoms with van der Waals surface area (Å²) in [6.45, 7) is 8.32. The van der Waals surface area contributed by atoms with Crippen LogP contribution in [0.4, 0.5) is 0 Å². The lowest BCUT2D eigenvalue weighted by Gasteiger charge is -2.11. The van der Waals surface area contributed by atoms with Crippen molar-refractivity contribution in [1.82, 2.24) is 0 Å². The van der Waals surface area contributed by atoms with Crippen LogP contribution >= 0.6 is 0 Å². The molecular weight excluding hydrogens is 168 g/mol. The lowest BCUT2D eigenvalue weighted by molar-refractivity contribution is 0.475. The van der Waals surface area contributed by atoms with Crippen molar-refractivity contribution in [1.29, 1.82) is 0 Å². The summed E-state index contributed by atoms with van der Waals surface area (Å²) in [6.07, 6.45) is 15.7. The smallest absolute Gasteiger partial charge is 0.0319 e. The van der Waals surface area contributed by atoms with E-state index in [2.05, 4.69) is 38.7 Å². The predicted molar refractivity (Wildman–Crippen MR) is 66.5 cm³/mol. The monoisotopic (exact) mass is 194 g/mol. The van der Waals surface area contributed by atoms with Gasteiger partial charge < -0.3 is 0 Å². The first-order valence-electron chi connectivity index (χ1n) is 6.11. The highest BCUT2D eigenvalue weighted by Gasteiger charge is 2.03. The van der Waals surface area contributed by atoms with Gasteiger partial charge in [-0.05, 0) is 31.6 Å². The van der Waals surface area contributed by atoms with Crippen LogP contribution in [0.25, 0.3) is 0 Å². The second-order valence-corrected chi connectivity index (χ2v) is 4.03. The zero-order chi connectivity index (χ0) is 10.6. The molecule has 0 spiro atoms. The summed E-state index contributed by atoms with van der Waals surface area (Å²) in [5.41, 5.74) is 0. The number of rotatable bonds is 9. The van der Waals surface area contributed by atoms with E-state index < -0.39 is 0 Å². The molecule has 0 aliphatic carbocycles. The Hall–Kier alpha value is -0.520. The van der Waals surface area contributed by atoms with Gasteiger partial charge in [-0.25, -0.2) is 0 Å².